The van der Waals surface area contributed by atoms with Gasteiger partial charge in [0, 0.05) is 19.8 Å². The summed E-state index contributed by atoms with van der Waals surface area (Å²) in [5, 5.41) is 0. The lowest BCUT2D eigenvalue weighted by Crippen LogP contribution is -2.51. The third kappa shape index (κ3) is 6.52. The quantitative estimate of drug-likeness (QED) is 0.538. The highest BCUT2D eigenvalue weighted by atomic mass is 28.4. The van der Waals surface area contributed by atoms with Crippen molar-refractivity contribution in [2.75, 3.05) is 26.1 Å². The molecule has 0 aliphatic rings. The van der Waals surface area contributed by atoms with Gasteiger partial charge in [-0.15, -0.1) is 0 Å². The first-order chi connectivity index (χ1) is 8.17. The Morgan fingerprint density at radius 1 is 0.765 bits per heavy atom. The molecule has 0 bridgehead atoms. The first-order valence-electron chi connectivity index (χ1n) is 6.71. The highest BCUT2D eigenvalue weighted by Crippen LogP contribution is 2.13. The van der Waals surface area contributed by atoms with Gasteiger partial charge in [0.15, 0.2) is 0 Å². The molecule has 0 saturated carbocycles. The van der Waals surface area contributed by atoms with Crippen LogP contribution < -0.4 is 0 Å². The molecular weight excluding hydrogens is 236 g/mol. The van der Waals surface area contributed by atoms with Gasteiger partial charge >= 0.3 is 8.80 Å². The van der Waals surface area contributed by atoms with Crippen LogP contribution in [0.2, 0.25) is 0 Å². The Morgan fingerprint density at radius 3 is 1.47 bits per heavy atom. The predicted octanol–water partition coefficient (Wildman–Crippen LogP) is 2.78. The van der Waals surface area contributed by atoms with Crippen LogP contribution in [0.1, 0.15) is 47.5 Å². The summed E-state index contributed by atoms with van der Waals surface area (Å²) in [4.78, 5) is 0. The van der Waals surface area contributed by atoms with Crippen LogP contribution in [-0.2, 0) is 18.0 Å². The van der Waals surface area contributed by atoms with Crippen molar-refractivity contribution in [1.82, 2.24) is 0 Å². The third-order valence-electron chi connectivity index (χ3n) is 2.50. The van der Waals surface area contributed by atoms with Gasteiger partial charge in [-0.05, 0) is 33.6 Å². The van der Waals surface area contributed by atoms with Crippen molar-refractivity contribution >= 4 is 8.80 Å². The highest BCUT2D eigenvalue weighted by Gasteiger charge is 2.41. The second kappa shape index (κ2) is 10.0. The van der Waals surface area contributed by atoms with E-state index in [1.165, 1.54) is 0 Å². The minimum absolute atomic E-state index is 0.267. The van der Waals surface area contributed by atoms with Crippen LogP contribution >= 0.6 is 0 Å². The molecule has 0 amide bonds. The van der Waals surface area contributed by atoms with E-state index in [1.54, 1.807) is 0 Å². The lowest BCUT2D eigenvalue weighted by Gasteiger charge is -2.29. The molecule has 0 saturated heterocycles. The van der Waals surface area contributed by atoms with Crippen LogP contribution in [0, 0.1) is 0 Å². The molecule has 0 fully saturated rings. The fraction of sp³-hybridized carbons (Fsp3) is 1.00. The average Bonchev–Trinajstić information content (AvgIpc) is 2.31. The number of hydrogen-bond acceptors (Lipinski definition) is 4. The second-order valence-corrected chi connectivity index (χ2v) is 6.25. The van der Waals surface area contributed by atoms with E-state index in [9.17, 15) is 0 Å². The summed E-state index contributed by atoms with van der Waals surface area (Å²) in [7, 11) is -2.61. The van der Waals surface area contributed by atoms with Crippen molar-refractivity contribution in [3.8, 4) is 0 Å². The smallest absolute Gasteiger partial charge is 0.374 e. The van der Waals surface area contributed by atoms with Gasteiger partial charge in [-0.2, -0.15) is 0 Å². The Morgan fingerprint density at radius 2 is 1.18 bits per heavy atom. The van der Waals surface area contributed by atoms with Gasteiger partial charge in [0.05, 0.1) is 6.10 Å². The fourth-order valence-corrected chi connectivity index (χ4v) is 3.91. The Labute approximate surface area is 107 Å². The zero-order chi connectivity index (χ0) is 13.1. The summed E-state index contributed by atoms with van der Waals surface area (Å²) < 4.78 is 23.0. The third-order valence-corrected chi connectivity index (χ3v) is 5.20. The van der Waals surface area contributed by atoms with Gasteiger partial charge < -0.3 is 18.0 Å². The predicted molar refractivity (Wildman–Crippen MR) is 71.0 cm³/mol. The van der Waals surface area contributed by atoms with Crippen molar-refractivity contribution in [3.63, 3.8) is 0 Å². The Balaban J connectivity index is 4.41. The molecule has 104 valence electrons. The van der Waals surface area contributed by atoms with Crippen molar-refractivity contribution in [3.05, 3.63) is 0 Å². The van der Waals surface area contributed by atoms with Crippen LogP contribution in [-0.4, -0.2) is 41.0 Å². The molecule has 17 heavy (non-hydrogen) atoms. The molecular formula is C12H28O4Si. The van der Waals surface area contributed by atoms with E-state index < -0.39 is 8.80 Å². The Hall–Kier alpha value is 0.0569. The van der Waals surface area contributed by atoms with E-state index in [1.807, 2.05) is 20.8 Å². The van der Waals surface area contributed by atoms with Gasteiger partial charge in [-0.1, -0.05) is 13.8 Å². The van der Waals surface area contributed by atoms with Crippen LogP contribution in [0.25, 0.3) is 0 Å². The standard InChI is InChI=1S/C12H28O4Si/c1-6-12(7-2)13-11-17(14-8-3,15-9-4)16-10-5/h12H,6-11H2,1-5H3. The van der Waals surface area contributed by atoms with E-state index >= 15 is 0 Å². The van der Waals surface area contributed by atoms with Crippen molar-refractivity contribution < 1.29 is 18.0 Å². The van der Waals surface area contributed by atoms with Crippen LogP contribution in [0.3, 0.4) is 0 Å². The topological polar surface area (TPSA) is 36.9 Å². The molecule has 0 aromatic rings. The molecule has 5 heteroatoms. The molecule has 0 aliphatic carbocycles. The fourth-order valence-electron chi connectivity index (χ4n) is 1.65. The van der Waals surface area contributed by atoms with Crippen LogP contribution in [0.15, 0.2) is 0 Å². The molecule has 0 aromatic heterocycles. The lowest BCUT2D eigenvalue weighted by atomic mass is 10.2. The summed E-state index contributed by atoms with van der Waals surface area (Å²) in [5.41, 5.74) is 0. The number of rotatable bonds is 11. The molecule has 0 unspecified atom stereocenters. The molecule has 0 radical (unpaired) electrons. The molecule has 0 N–H and O–H groups in total. The molecule has 0 heterocycles. The van der Waals surface area contributed by atoms with Gasteiger partial charge in [-0.25, -0.2) is 0 Å². The van der Waals surface area contributed by atoms with Crippen molar-refractivity contribution in [1.29, 1.82) is 0 Å². The molecule has 0 spiro atoms. The maximum Gasteiger partial charge on any atom is 0.528 e. The number of hydrogen-bond donors (Lipinski definition) is 0. The minimum Gasteiger partial charge on any atom is -0.374 e. The Bertz CT molecular complexity index is 157. The van der Waals surface area contributed by atoms with E-state index in [0.717, 1.165) is 12.8 Å². The zero-order valence-electron chi connectivity index (χ0n) is 12.0. The van der Waals surface area contributed by atoms with E-state index in [0.29, 0.717) is 26.1 Å². The van der Waals surface area contributed by atoms with E-state index in [4.69, 9.17) is 18.0 Å². The van der Waals surface area contributed by atoms with Crippen LogP contribution in [0.4, 0.5) is 0 Å². The summed E-state index contributed by atoms with van der Waals surface area (Å²) in [6, 6.07) is 0. The van der Waals surface area contributed by atoms with Gasteiger partial charge in [0.2, 0.25) is 0 Å². The molecule has 0 aromatic carbocycles. The van der Waals surface area contributed by atoms with Crippen molar-refractivity contribution in [2.45, 2.75) is 53.6 Å². The number of ether oxygens (including phenoxy) is 1. The van der Waals surface area contributed by atoms with E-state index in [-0.39, 0.29) is 6.10 Å². The highest BCUT2D eigenvalue weighted by molar-refractivity contribution is 6.60. The first-order valence-corrected chi connectivity index (χ1v) is 8.64. The summed E-state index contributed by atoms with van der Waals surface area (Å²) in [5.74, 6) is 0. The molecule has 4 nitrogen and oxygen atoms in total. The average molecular weight is 264 g/mol. The summed E-state index contributed by atoms with van der Waals surface area (Å²) >= 11 is 0. The first kappa shape index (κ1) is 17.1. The summed E-state index contributed by atoms with van der Waals surface area (Å²) in [6.07, 6.45) is 2.73. The minimum atomic E-state index is -2.61. The maximum absolute atomic E-state index is 5.85. The normalized spacial score (nSPS) is 12.4. The lowest BCUT2D eigenvalue weighted by molar-refractivity contribution is 0.00215. The van der Waals surface area contributed by atoms with E-state index in [2.05, 4.69) is 13.8 Å². The zero-order valence-corrected chi connectivity index (χ0v) is 13.0. The largest absolute Gasteiger partial charge is 0.528 e. The maximum atomic E-state index is 5.85. The summed E-state index contributed by atoms with van der Waals surface area (Å²) in [6.45, 7) is 11.9. The molecule has 0 aliphatic heterocycles. The monoisotopic (exact) mass is 264 g/mol. The second-order valence-electron chi connectivity index (χ2n) is 3.73. The molecule has 0 rings (SSSR count). The van der Waals surface area contributed by atoms with Crippen molar-refractivity contribution in [2.24, 2.45) is 0 Å². The SMILES string of the molecule is CCO[Si](COC(CC)CC)(OCC)OCC. The Kier molecular flexibility index (Phi) is 10.1. The van der Waals surface area contributed by atoms with Crippen LogP contribution in [0.5, 0.6) is 0 Å². The van der Waals surface area contributed by atoms with Gasteiger partial charge in [-0.3, -0.25) is 0 Å². The van der Waals surface area contributed by atoms with Gasteiger partial charge in [0.1, 0.15) is 6.23 Å². The van der Waals surface area contributed by atoms with Gasteiger partial charge in [0.25, 0.3) is 0 Å². The molecule has 0 atom stereocenters.